The highest BCUT2D eigenvalue weighted by molar-refractivity contribution is 5.81. The average Bonchev–Trinajstić information content (AvgIpc) is 3.30. The molecule has 0 radical (unpaired) electrons. The Hall–Kier alpha value is -1.39. The summed E-state index contributed by atoms with van der Waals surface area (Å²) in [6.07, 6.45) is 10.8. The summed E-state index contributed by atoms with van der Waals surface area (Å²) >= 11 is 0. The summed E-state index contributed by atoms with van der Waals surface area (Å²) in [4.78, 5) is 15.0. The SMILES string of the molecule is O=C(NC1CCN(C[C@H](c2ccccc2)C2CCCCC2)CC1)[C@@H]1CCCO1. The summed E-state index contributed by atoms with van der Waals surface area (Å²) in [6.45, 7) is 4.08. The molecule has 2 heterocycles. The Morgan fingerprint density at radius 1 is 1.00 bits per heavy atom. The van der Waals surface area contributed by atoms with Crippen LogP contribution in [0.2, 0.25) is 0 Å². The minimum Gasteiger partial charge on any atom is -0.368 e. The van der Waals surface area contributed by atoms with Gasteiger partial charge in [0.05, 0.1) is 0 Å². The Kier molecular flexibility index (Phi) is 7.03. The van der Waals surface area contributed by atoms with E-state index in [1.54, 1.807) is 0 Å². The molecule has 1 saturated carbocycles. The molecule has 0 aromatic heterocycles. The van der Waals surface area contributed by atoms with E-state index >= 15 is 0 Å². The first kappa shape index (κ1) is 19.9. The van der Waals surface area contributed by atoms with Crippen molar-refractivity contribution in [2.45, 2.75) is 75.9 Å². The fraction of sp³-hybridized carbons (Fsp3) is 0.708. The lowest BCUT2D eigenvalue weighted by atomic mass is 9.76. The third-order valence-corrected chi connectivity index (χ3v) is 7.06. The molecule has 4 rings (SSSR count). The van der Waals surface area contributed by atoms with E-state index in [2.05, 4.69) is 40.5 Å². The van der Waals surface area contributed by atoms with Gasteiger partial charge >= 0.3 is 0 Å². The first-order chi connectivity index (χ1) is 13.8. The number of nitrogens with one attached hydrogen (secondary N) is 1. The van der Waals surface area contributed by atoms with Gasteiger partial charge in [-0.25, -0.2) is 0 Å². The van der Waals surface area contributed by atoms with E-state index in [0.717, 1.165) is 51.3 Å². The van der Waals surface area contributed by atoms with Crippen molar-refractivity contribution < 1.29 is 9.53 Å². The number of benzene rings is 1. The summed E-state index contributed by atoms with van der Waals surface area (Å²) in [5, 5.41) is 3.24. The Morgan fingerprint density at radius 3 is 2.43 bits per heavy atom. The van der Waals surface area contributed by atoms with Crippen molar-refractivity contribution in [1.29, 1.82) is 0 Å². The number of carbonyl (C=O) groups excluding carboxylic acids is 1. The maximum Gasteiger partial charge on any atom is 0.249 e. The molecule has 1 aromatic rings. The Balaban J connectivity index is 1.30. The van der Waals surface area contributed by atoms with Crippen LogP contribution in [-0.2, 0) is 9.53 Å². The van der Waals surface area contributed by atoms with Crippen LogP contribution >= 0.6 is 0 Å². The van der Waals surface area contributed by atoms with E-state index in [4.69, 9.17) is 4.74 Å². The Labute approximate surface area is 170 Å². The summed E-state index contributed by atoms with van der Waals surface area (Å²) in [5.41, 5.74) is 1.52. The van der Waals surface area contributed by atoms with Crippen molar-refractivity contribution in [3.63, 3.8) is 0 Å². The fourth-order valence-corrected chi connectivity index (χ4v) is 5.38. The molecule has 2 aliphatic heterocycles. The van der Waals surface area contributed by atoms with Gasteiger partial charge in [-0.1, -0.05) is 49.6 Å². The molecule has 0 bridgehead atoms. The molecule has 4 heteroatoms. The number of nitrogens with zero attached hydrogens (tertiary/aromatic N) is 1. The van der Waals surface area contributed by atoms with Crippen molar-refractivity contribution in [3.05, 3.63) is 35.9 Å². The zero-order chi connectivity index (χ0) is 19.2. The Bertz CT molecular complexity index is 600. The molecular formula is C24H36N2O2. The molecule has 0 unspecified atom stereocenters. The quantitative estimate of drug-likeness (QED) is 0.802. The van der Waals surface area contributed by atoms with Crippen LogP contribution in [-0.4, -0.2) is 49.2 Å². The van der Waals surface area contributed by atoms with Gasteiger partial charge in [-0.2, -0.15) is 0 Å². The number of amides is 1. The molecule has 4 nitrogen and oxygen atoms in total. The highest BCUT2D eigenvalue weighted by Crippen LogP contribution is 2.37. The lowest BCUT2D eigenvalue weighted by Crippen LogP contribution is -2.48. The monoisotopic (exact) mass is 384 g/mol. The van der Waals surface area contributed by atoms with Gasteiger partial charge < -0.3 is 15.0 Å². The van der Waals surface area contributed by atoms with Crippen LogP contribution in [0.25, 0.3) is 0 Å². The predicted octanol–water partition coefficient (Wildman–Crippen LogP) is 4.11. The first-order valence-electron chi connectivity index (χ1n) is 11.5. The first-order valence-corrected chi connectivity index (χ1v) is 11.5. The second-order valence-corrected chi connectivity index (χ2v) is 9.00. The van der Waals surface area contributed by atoms with Crippen molar-refractivity contribution in [2.24, 2.45) is 5.92 Å². The molecule has 28 heavy (non-hydrogen) atoms. The molecule has 3 fully saturated rings. The maximum atomic E-state index is 12.3. The van der Waals surface area contributed by atoms with Crippen LogP contribution in [0.4, 0.5) is 0 Å². The molecule has 1 amide bonds. The van der Waals surface area contributed by atoms with E-state index in [-0.39, 0.29) is 12.0 Å². The normalized spacial score (nSPS) is 26.2. The predicted molar refractivity (Wildman–Crippen MR) is 112 cm³/mol. The van der Waals surface area contributed by atoms with E-state index in [9.17, 15) is 4.79 Å². The van der Waals surface area contributed by atoms with Crippen LogP contribution in [0.1, 0.15) is 69.3 Å². The van der Waals surface area contributed by atoms with Crippen LogP contribution < -0.4 is 5.32 Å². The van der Waals surface area contributed by atoms with Crippen molar-refractivity contribution >= 4 is 5.91 Å². The molecule has 1 N–H and O–H groups in total. The van der Waals surface area contributed by atoms with E-state index < -0.39 is 0 Å². The molecule has 1 aromatic carbocycles. The number of hydrogen-bond acceptors (Lipinski definition) is 3. The molecule has 1 aliphatic carbocycles. The van der Waals surface area contributed by atoms with Crippen LogP contribution in [0.15, 0.2) is 30.3 Å². The molecule has 2 saturated heterocycles. The lowest BCUT2D eigenvalue weighted by Gasteiger charge is -2.38. The fourth-order valence-electron chi connectivity index (χ4n) is 5.38. The third kappa shape index (κ3) is 5.15. The topological polar surface area (TPSA) is 41.6 Å². The van der Waals surface area contributed by atoms with E-state index in [1.807, 2.05) is 0 Å². The van der Waals surface area contributed by atoms with Crippen LogP contribution in [0, 0.1) is 5.92 Å². The highest BCUT2D eigenvalue weighted by Gasteiger charge is 2.30. The summed E-state index contributed by atoms with van der Waals surface area (Å²) < 4.78 is 5.52. The van der Waals surface area contributed by atoms with Gasteiger partial charge in [-0.3, -0.25) is 4.79 Å². The largest absolute Gasteiger partial charge is 0.368 e. The minimum atomic E-state index is -0.202. The number of ether oxygens (including phenoxy) is 1. The molecule has 154 valence electrons. The molecule has 0 spiro atoms. The number of rotatable bonds is 6. The summed E-state index contributed by atoms with van der Waals surface area (Å²) in [6, 6.07) is 11.5. The number of carbonyl (C=O) groups is 1. The van der Waals surface area contributed by atoms with Gasteiger partial charge in [-0.15, -0.1) is 0 Å². The molecule has 2 atom stereocenters. The van der Waals surface area contributed by atoms with E-state index in [1.165, 1.54) is 44.2 Å². The van der Waals surface area contributed by atoms with E-state index in [0.29, 0.717) is 12.0 Å². The molecule has 3 aliphatic rings. The van der Waals surface area contributed by atoms with Gasteiger partial charge in [0.15, 0.2) is 0 Å². The highest BCUT2D eigenvalue weighted by atomic mass is 16.5. The van der Waals surface area contributed by atoms with Crippen LogP contribution in [0.3, 0.4) is 0 Å². The van der Waals surface area contributed by atoms with Crippen molar-refractivity contribution in [3.8, 4) is 0 Å². The van der Waals surface area contributed by atoms with Gasteiger partial charge in [0, 0.05) is 32.3 Å². The number of piperidine rings is 1. The smallest absolute Gasteiger partial charge is 0.249 e. The second-order valence-electron chi connectivity index (χ2n) is 9.00. The zero-order valence-electron chi connectivity index (χ0n) is 17.2. The molecular weight excluding hydrogens is 348 g/mol. The van der Waals surface area contributed by atoms with Gasteiger partial charge in [0.2, 0.25) is 5.91 Å². The maximum absolute atomic E-state index is 12.3. The number of likely N-dealkylation sites (tertiary alicyclic amines) is 1. The van der Waals surface area contributed by atoms with Crippen molar-refractivity contribution in [1.82, 2.24) is 10.2 Å². The summed E-state index contributed by atoms with van der Waals surface area (Å²) in [5.74, 6) is 1.59. The van der Waals surface area contributed by atoms with Gasteiger partial charge in [0.1, 0.15) is 6.10 Å². The zero-order valence-corrected chi connectivity index (χ0v) is 17.2. The van der Waals surface area contributed by atoms with Crippen molar-refractivity contribution in [2.75, 3.05) is 26.2 Å². The second kappa shape index (κ2) is 9.89. The minimum absolute atomic E-state index is 0.111. The van der Waals surface area contributed by atoms with Gasteiger partial charge in [0.25, 0.3) is 0 Å². The lowest BCUT2D eigenvalue weighted by molar-refractivity contribution is -0.131. The average molecular weight is 385 g/mol. The summed E-state index contributed by atoms with van der Waals surface area (Å²) in [7, 11) is 0. The van der Waals surface area contributed by atoms with Gasteiger partial charge in [-0.05, 0) is 55.9 Å². The Morgan fingerprint density at radius 2 is 1.75 bits per heavy atom. The van der Waals surface area contributed by atoms with Crippen LogP contribution in [0.5, 0.6) is 0 Å². The number of hydrogen-bond donors (Lipinski definition) is 1. The third-order valence-electron chi connectivity index (χ3n) is 7.06. The standard InChI is InChI=1S/C24H36N2O2/c27-24(23-12-7-17-28-23)25-21-13-15-26(16-14-21)18-22(19-8-3-1-4-9-19)20-10-5-2-6-11-20/h1,3-4,8-9,20-23H,2,5-7,10-18H2,(H,25,27)/t22-,23+/m1/s1.